The molecule has 2 heterocycles. The van der Waals surface area contributed by atoms with Crippen molar-refractivity contribution in [3.63, 3.8) is 0 Å². The van der Waals surface area contributed by atoms with E-state index in [4.69, 9.17) is 10.5 Å². The van der Waals surface area contributed by atoms with Gasteiger partial charge in [-0.05, 0) is 29.5 Å². The summed E-state index contributed by atoms with van der Waals surface area (Å²) in [5.74, 6) is 0. The third kappa shape index (κ3) is 4.08. The minimum atomic E-state index is -0.553. The highest BCUT2D eigenvalue weighted by Gasteiger charge is 2.09. The molecule has 2 N–H and O–H groups in total. The van der Waals surface area contributed by atoms with Crippen molar-refractivity contribution in [2.45, 2.75) is 6.61 Å². The van der Waals surface area contributed by atoms with Crippen molar-refractivity contribution >= 4 is 6.03 Å². The number of aromatic nitrogens is 1. The summed E-state index contributed by atoms with van der Waals surface area (Å²) in [6, 6.07) is 2.99. The van der Waals surface area contributed by atoms with Gasteiger partial charge in [0.15, 0.2) is 0 Å². The molecule has 7 heteroatoms. The Bertz CT molecular complexity index is 622. The smallest absolute Gasteiger partial charge is 0.356 e. The maximum absolute atomic E-state index is 11.1. The van der Waals surface area contributed by atoms with E-state index in [0.717, 1.165) is 5.56 Å². The molecular formula is C14H15N4O3+. The monoisotopic (exact) mass is 287 g/mol. The molecule has 0 aliphatic carbocycles. The van der Waals surface area contributed by atoms with Gasteiger partial charge in [0.2, 0.25) is 0 Å². The normalized spacial score (nSPS) is 15.4. The largest absolute Gasteiger partial charge is 0.493 e. The first-order valence-electron chi connectivity index (χ1n) is 6.22. The second-order valence-corrected chi connectivity index (χ2v) is 4.27. The average molecular weight is 287 g/mol. The quantitative estimate of drug-likeness (QED) is 0.654. The van der Waals surface area contributed by atoms with Crippen molar-refractivity contribution in [3.8, 4) is 0 Å². The van der Waals surface area contributed by atoms with E-state index in [1.807, 2.05) is 12.1 Å². The molecule has 0 spiro atoms. The third-order valence-electron chi connectivity index (χ3n) is 2.78. The second kappa shape index (κ2) is 7.11. The number of hydrogen-bond acceptors (Lipinski definition) is 5. The molecule has 1 aromatic rings. The first-order valence-corrected chi connectivity index (χ1v) is 6.22. The van der Waals surface area contributed by atoms with E-state index in [1.54, 1.807) is 41.7 Å². The van der Waals surface area contributed by atoms with Gasteiger partial charge in [0.1, 0.15) is 12.9 Å². The van der Waals surface area contributed by atoms with Gasteiger partial charge in [-0.1, -0.05) is 6.08 Å². The second-order valence-electron chi connectivity index (χ2n) is 4.27. The van der Waals surface area contributed by atoms with Gasteiger partial charge in [-0.25, -0.2) is 0 Å². The molecule has 0 aromatic carbocycles. The molecule has 0 saturated carbocycles. The van der Waals surface area contributed by atoms with Crippen LogP contribution in [0.2, 0.25) is 0 Å². The molecule has 1 aliphatic rings. The number of ether oxygens (including phenoxy) is 1. The number of nitroso groups, excluding NO2 is 1. The maximum Gasteiger partial charge on any atom is 0.493 e. The molecular weight excluding hydrogens is 272 g/mol. The highest BCUT2D eigenvalue weighted by atomic mass is 16.5. The van der Waals surface area contributed by atoms with Crippen molar-refractivity contribution in [1.82, 2.24) is 4.90 Å². The highest BCUT2D eigenvalue weighted by Crippen LogP contribution is 2.12. The number of pyridine rings is 1. The van der Waals surface area contributed by atoms with Crippen LogP contribution in [-0.4, -0.2) is 17.7 Å². The van der Waals surface area contributed by atoms with E-state index in [0.29, 0.717) is 12.3 Å². The Labute approximate surface area is 121 Å². The van der Waals surface area contributed by atoms with Crippen molar-refractivity contribution in [2.75, 3.05) is 6.73 Å². The summed E-state index contributed by atoms with van der Waals surface area (Å²) in [5.41, 5.74) is 6.65. The summed E-state index contributed by atoms with van der Waals surface area (Å²) < 4.78 is 6.84. The fourth-order valence-electron chi connectivity index (χ4n) is 1.79. The van der Waals surface area contributed by atoms with E-state index in [1.165, 1.54) is 10.8 Å². The zero-order valence-corrected chi connectivity index (χ0v) is 11.3. The van der Waals surface area contributed by atoms with Gasteiger partial charge in [0.25, 0.3) is 0 Å². The molecule has 1 amide bonds. The lowest BCUT2D eigenvalue weighted by molar-refractivity contribution is -0.570. The predicted octanol–water partition coefficient (Wildman–Crippen LogP) is 1.37. The van der Waals surface area contributed by atoms with Crippen LogP contribution in [-0.2, 0) is 11.3 Å². The zero-order chi connectivity index (χ0) is 15.1. The van der Waals surface area contributed by atoms with Gasteiger partial charge in [-0.15, -0.1) is 4.91 Å². The number of allylic oxidation sites excluding steroid dienone is 3. The van der Waals surface area contributed by atoms with Gasteiger partial charge < -0.3 is 9.64 Å². The number of hydrogen-bond donors (Lipinski definition) is 1. The highest BCUT2D eigenvalue weighted by molar-refractivity contribution is 5.61. The first-order chi connectivity index (χ1) is 10.2. The van der Waals surface area contributed by atoms with Gasteiger partial charge in [0, 0.05) is 11.8 Å². The summed E-state index contributed by atoms with van der Waals surface area (Å²) in [7, 11) is 0. The molecule has 0 fully saturated rings. The van der Waals surface area contributed by atoms with E-state index in [2.05, 4.69) is 5.18 Å². The number of carbonyl (C=O) groups is 1. The lowest BCUT2D eigenvalue weighted by Gasteiger charge is -2.22. The Balaban J connectivity index is 1.92. The van der Waals surface area contributed by atoms with Gasteiger partial charge in [-0.2, -0.15) is 9.36 Å². The number of carbonyl (C=O) groups excluding carboxylic acids is 1. The summed E-state index contributed by atoms with van der Waals surface area (Å²) in [6.45, 7) is 0.567. The van der Waals surface area contributed by atoms with Crippen LogP contribution in [0.15, 0.2) is 66.0 Å². The molecule has 0 radical (unpaired) electrons. The van der Waals surface area contributed by atoms with Crippen molar-refractivity contribution in [3.05, 3.63) is 71.3 Å². The number of nitrogens with two attached hydrogens (primary N) is 1. The van der Waals surface area contributed by atoms with Crippen LogP contribution >= 0.6 is 0 Å². The summed E-state index contributed by atoms with van der Waals surface area (Å²) in [6.07, 6.45) is 11.6. The molecule has 0 unspecified atom stereocenters. The molecule has 0 saturated heterocycles. The molecule has 21 heavy (non-hydrogen) atoms. The molecule has 1 aromatic heterocycles. The lowest BCUT2D eigenvalue weighted by atomic mass is 10.3. The van der Waals surface area contributed by atoms with Crippen LogP contribution in [0.25, 0.3) is 0 Å². The van der Waals surface area contributed by atoms with Crippen molar-refractivity contribution in [2.24, 2.45) is 10.9 Å². The van der Waals surface area contributed by atoms with Crippen molar-refractivity contribution in [1.29, 1.82) is 0 Å². The molecule has 7 nitrogen and oxygen atoms in total. The van der Waals surface area contributed by atoms with E-state index in [-0.39, 0.29) is 6.73 Å². The number of amides is 1. The lowest BCUT2D eigenvalue weighted by Crippen LogP contribution is -2.46. The summed E-state index contributed by atoms with van der Waals surface area (Å²) in [4.78, 5) is 23.1. The first kappa shape index (κ1) is 14.6. The van der Waals surface area contributed by atoms with Crippen LogP contribution in [0.5, 0.6) is 0 Å². The topological polar surface area (TPSA) is 88.9 Å². The fraction of sp³-hybridized carbons (Fsp3) is 0.143. The zero-order valence-electron chi connectivity index (χ0n) is 11.3. The molecule has 2 rings (SSSR count). The summed E-state index contributed by atoms with van der Waals surface area (Å²) >= 11 is 0. The fourth-order valence-corrected chi connectivity index (χ4v) is 1.79. The van der Waals surface area contributed by atoms with E-state index < -0.39 is 6.03 Å². The minimum Gasteiger partial charge on any atom is -0.356 e. The predicted molar refractivity (Wildman–Crippen MR) is 75.3 cm³/mol. The summed E-state index contributed by atoms with van der Waals surface area (Å²) in [5, 5.41) is 2.76. The molecule has 108 valence electrons. The number of rotatable bonds is 5. The third-order valence-corrected chi connectivity index (χ3v) is 2.78. The Morgan fingerprint density at radius 2 is 2.33 bits per heavy atom. The van der Waals surface area contributed by atoms with Crippen LogP contribution < -0.4 is 10.3 Å². The molecule has 0 bridgehead atoms. The van der Waals surface area contributed by atoms with Gasteiger partial charge >= 0.3 is 6.03 Å². The van der Waals surface area contributed by atoms with E-state index >= 15 is 0 Å². The van der Waals surface area contributed by atoms with Crippen molar-refractivity contribution < 1.29 is 14.1 Å². The van der Waals surface area contributed by atoms with Gasteiger partial charge in [-0.3, -0.25) is 5.73 Å². The SMILES string of the molecule is NC(=O)[n+]1cccc(COCN2C=CC=CC2=CN=O)c1. The van der Waals surface area contributed by atoms with Crippen LogP contribution in [0, 0.1) is 4.91 Å². The Morgan fingerprint density at radius 1 is 1.48 bits per heavy atom. The maximum atomic E-state index is 11.1. The number of nitrogens with zero attached hydrogens (tertiary/aromatic N) is 3. The van der Waals surface area contributed by atoms with Crippen LogP contribution in [0.4, 0.5) is 4.79 Å². The average Bonchev–Trinajstić information content (AvgIpc) is 2.49. The Hall–Kier alpha value is -2.80. The molecule has 0 atom stereocenters. The Morgan fingerprint density at radius 3 is 3.10 bits per heavy atom. The number of primary amides is 1. The standard InChI is InChI=1S/C14H14N4O3/c15-14(19)17-7-3-4-12(9-17)10-21-11-18-6-2-1-5-13(18)8-16-20/h1-9H,10-11H2,(H-,15,19)/p+1. The van der Waals surface area contributed by atoms with E-state index in [9.17, 15) is 9.70 Å². The van der Waals surface area contributed by atoms with Crippen LogP contribution in [0.3, 0.4) is 0 Å². The van der Waals surface area contributed by atoms with Crippen LogP contribution in [0.1, 0.15) is 5.56 Å². The molecule has 1 aliphatic heterocycles. The van der Waals surface area contributed by atoms with Gasteiger partial charge in [0.05, 0.1) is 24.7 Å². The minimum absolute atomic E-state index is 0.258. The Kier molecular flexibility index (Phi) is 4.94.